The average molecular weight is 259 g/mol. The highest BCUT2D eigenvalue weighted by atomic mass is 32.1. The number of para-hydroxylation sites is 1. The van der Waals surface area contributed by atoms with E-state index in [1.807, 2.05) is 11.3 Å². The van der Waals surface area contributed by atoms with Gasteiger partial charge < -0.3 is 5.32 Å². The number of aryl methyl sites for hydroxylation is 3. The van der Waals surface area contributed by atoms with Gasteiger partial charge in [-0.25, -0.2) is 0 Å². The fourth-order valence-corrected chi connectivity index (χ4v) is 3.18. The van der Waals surface area contributed by atoms with Gasteiger partial charge in [0, 0.05) is 22.0 Å². The van der Waals surface area contributed by atoms with E-state index in [1.165, 1.54) is 33.0 Å². The lowest BCUT2D eigenvalue weighted by atomic mass is 10.1. The minimum absolute atomic E-state index is 0.927. The number of anilines is 1. The second kappa shape index (κ2) is 6.05. The summed E-state index contributed by atoms with van der Waals surface area (Å²) in [4.78, 5) is 2.82. The molecule has 18 heavy (non-hydrogen) atoms. The number of benzene rings is 1. The first-order chi connectivity index (χ1) is 8.70. The molecule has 2 rings (SSSR count). The summed E-state index contributed by atoms with van der Waals surface area (Å²) >= 11 is 1.88. The average Bonchev–Trinajstić information content (AvgIpc) is 2.67. The number of thiophene rings is 1. The standard InChI is InChI=1S/C16H21NS/c1-4-7-14-8-5-6-9-16(14)17-11-15-10-12(2)18-13(15)3/h5-6,8-10,17H,4,7,11H2,1-3H3. The van der Waals surface area contributed by atoms with E-state index in [0.29, 0.717) is 0 Å². The molecule has 0 aliphatic carbocycles. The second-order valence-corrected chi connectivity index (χ2v) is 6.16. The van der Waals surface area contributed by atoms with E-state index in [-0.39, 0.29) is 0 Å². The van der Waals surface area contributed by atoms with Gasteiger partial charge >= 0.3 is 0 Å². The summed E-state index contributed by atoms with van der Waals surface area (Å²) in [6.07, 6.45) is 2.33. The second-order valence-electron chi connectivity index (χ2n) is 4.70. The van der Waals surface area contributed by atoms with Crippen molar-refractivity contribution >= 4 is 17.0 Å². The van der Waals surface area contributed by atoms with Crippen LogP contribution in [0.5, 0.6) is 0 Å². The molecule has 1 aromatic heterocycles. The van der Waals surface area contributed by atoms with Crippen LogP contribution in [-0.4, -0.2) is 0 Å². The SMILES string of the molecule is CCCc1ccccc1NCc1cc(C)sc1C. The van der Waals surface area contributed by atoms with E-state index in [9.17, 15) is 0 Å². The van der Waals surface area contributed by atoms with Crippen LogP contribution in [0, 0.1) is 13.8 Å². The van der Waals surface area contributed by atoms with Gasteiger partial charge in [0.25, 0.3) is 0 Å². The molecule has 1 aromatic carbocycles. The first-order valence-electron chi connectivity index (χ1n) is 6.58. The van der Waals surface area contributed by atoms with Crippen molar-refractivity contribution in [3.05, 3.63) is 51.2 Å². The largest absolute Gasteiger partial charge is 0.381 e. The van der Waals surface area contributed by atoms with Crippen molar-refractivity contribution in [1.29, 1.82) is 0 Å². The van der Waals surface area contributed by atoms with Crippen molar-refractivity contribution in [2.45, 2.75) is 40.2 Å². The molecule has 1 nitrogen and oxygen atoms in total. The molecule has 0 spiro atoms. The monoisotopic (exact) mass is 259 g/mol. The third-order valence-electron chi connectivity index (χ3n) is 3.15. The highest BCUT2D eigenvalue weighted by molar-refractivity contribution is 7.12. The van der Waals surface area contributed by atoms with Gasteiger partial charge in [0.05, 0.1) is 0 Å². The molecule has 2 aromatic rings. The van der Waals surface area contributed by atoms with Gasteiger partial charge in [0.1, 0.15) is 0 Å². The van der Waals surface area contributed by atoms with Crippen molar-refractivity contribution < 1.29 is 0 Å². The van der Waals surface area contributed by atoms with Crippen LogP contribution >= 0.6 is 11.3 Å². The molecule has 0 saturated heterocycles. The smallest absolute Gasteiger partial charge is 0.0411 e. The molecular formula is C16H21NS. The van der Waals surface area contributed by atoms with Crippen molar-refractivity contribution in [3.63, 3.8) is 0 Å². The van der Waals surface area contributed by atoms with Gasteiger partial charge in [-0.1, -0.05) is 31.5 Å². The highest BCUT2D eigenvalue weighted by Gasteiger charge is 2.04. The van der Waals surface area contributed by atoms with Crippen LogP contribution in [-0.2, 0) is 13.0 Å². The van der Waals surface area contributed by atoms with Crippen LogP contribution in [0.15, 0.2) is 30.3 Å². The Morgan fingerprint density at radius 2 is 1.89 bits per heavy atom. The van der Waals surface area contributed by atoms with E-state index in [2.05, 4.69) is 56.4 Å². The molecule has 0 unspecified atom stereocenters. The molecule has 0 radical (unpaired) electrons. The normalized spacial score (nSPS) is 10.6. The summed E-state index contributed by atoms with van der Waals surface area (Å²) in [6, 6.07) is 10.9. The Labute approximate surface area is 114 Å². The molecule has 0 atom stereocenters. The quantitative estimate of drug-likeness (QED) is 0.803. The lowest BCUT2D eigenvalue weighted by molar-refractivity contribution is 0.919. The summed E-state index contributed by atoms with van der Waals surface area (Å²) in [5, 5.41) is 3.58. The third kappa shape index (κ3) is 3.14. The third-order valence-corrected chi connectivity index (χ3v) is 4.16. The highest BCUT2D eigenvalue weighted by Crippen LogP contribution is 2.23. The molecule has 0 bridgehead atoms. The molecule has 0 fully saturated rings. The summed E-state index contributed by atoms with van der Waals surface area (Å²) in [5.41, 5.74) is 4.12. The summed E-state index contributed by atoms with van der Waals surface area (Å²) in [5.74, 6) is 0. The van der Waals surface area contributed by atoms with E-state index in [0.717, 1.165) is 13.0 Å². The maximum atomic E-state index is 3.58. The van der Waals surface area contributed by atoms with Crippen LogP contribution in [0.25, 0.3) is 0 Å². The Hall–Kier alpha value is -1.28. The van der Waals surface area contributed by atoms with Crippen LogP contribution in [0.3, 0.4) is 0 Å². The zero-order chi connectivity index (χ0) is 13.0. The zero-order valence-corrected chi connectivity index (χ0v) is 12.2. The van der Waals surface area contributed by atoms with E-state index in [1.54, 1.807) is 0 Å². The Balaban J connectivity index is 2.08. The Kier molecular flexibility index (Phi) is 4.43. The van der Waals surface area contributed by atoms with Crippen LogP contribution < -0.4 is 5.32 Å². The van der Waals surface area contributed by atoms with Crippen molar-refractivity contribution in [1.82, 2.24) is 0 Å². The first-order valence-corrected chi connectivity index (χ1v) is 7.40. The van der Waals surface area contributed by atoms with Crippen molar-refractivity contribution in [3.8, 4) is 0 Å². The van der Waals surface area contributed by atoms with Crippen LogP contribution in [0.2, 0.25) is 0 Å². The minimum atomic E-state index is 0.927. The fraction of sp³-hybridized carbons (Fsp3) is 0.375. The van der Waals surface area contributed by atoms with Gasteiger partial charge in [0.15, 0.2) is 0 Å². The maximum absolute atomic E-state index is 3.58. The van der Waals surface area contributed by atoms with Gasteiger partial charge in [-0.15, -0.1) is 11.3 Å². The topological polar surface area (TPSA) is 12.0 Å². The molecule has 0 amide bonds. The van der Waals surface area contributed by atoms with E-state index < -0.39 is 0 Å². The van der Waals surface area contributed by atoms with Gasteiger partial charge in [0.2, 0.25) is 0 Å². The minimum Gasteiger partial charge on any atom is -0.381 e. The molecule has 96 valence electrons. The van der Waals surface area contributed by atoms with Crippen LogP contribution in [0.1, 0.15) is 34.2 Å². The summed E-state index contributed by atoms with van der Waals surface area (Å²) < 4.78 is 0. The number of rotatable bonds is 5. The van der Waals surface area contributed by atoms with E-state index in [4.69, 9.17) is 0 Å². The summed E-state index contributed by atoms with van der Waals surface area (Å²) in [6.45, 7) is 7.53. The van der Waals surface area contributed by atoms with Crippen molar-refractivity contribution in [2.75, 3.05) is 5.32 Å². The zero-order valence-electron chi connectivity index (χ0n) is 11.4. The van der Waals surface area contributed by atoms with Gasteiger partial charge in [-0.3, -0.25) is 0 Å². The number of hydrogen-bond donors (Lipinski definition) is 1. The Morgan fingerprint density at radius 3 is 2.56 bits per heavy atom. The predicted octanol–water partition coefficient (Wildman–Crippen LogP) is 4.93. The molecule has 1 N–H and O–H groups in total. The summed E-state index contributed by atoms with van der Waals surface area (Å²) in [7, 11) is 0. The molecule has 0 aliphatic rings. The van der Waals surface area contributed by atoms with Crippen molar-refractivity contribution in [2.24, 2.45) is 0 Å². The predicted molar refractivity (Wildman–Crippen MR) is 81.6 cm³/mol. The molecule has 2 heteroatoms. The fourth-order valence-electron chi connectivity index (χ4n) is 2.23. The molecule has 0 saturated carbocycles. The number of hydrogen-bond acceptors (Lipinski definition) is 2. The lowest BCUT2D eigenvalue weighted by Crippen LogP contribution is -2.02. The number of nitrogens with one attached hydrogen (secondary N) is 1. The van der Waals surface area contributed by atoms with Gasteiger partial charge in [-0.2, -0.15) is 0 Å². The first kappa shape index (κ1) is 13.2. The molecule has 1 heterocycles. The Bertz CT molecular complexity index is 514. The van der Waals surface area contributed by atoms with Crippen LogP contribution in [0.4, 0.5) is 5.69 Å². The molecular weight excluding hydrogens is 238 g/mol. The van der Waals surface area contributed by atoms with Gasteiger partial charge in [-0.05, 0) is 43.5 Å². The van der Waals surface area contributed by atoms with E-state index >= 15 is 0 Å². The Morgan fingerprint density at radius 1 is 1.11 bits per heavy atom. The molecule has 0 aliphatic heterocycles. The lowest BCUT2D eigenvalue weighted by Gasteiger charge is -2.11. The maximum Gasteiger partial charge on any atom is 0.0411 e.